The predicted octanol–water partition coefficient (Wildman–Crippen LogP) is -0.364. The van der Waals surface area contributed by atoms with E-state index < -0.39 is 23.8 Å². The van der Waals surface area contributed by atoms with Gasteiger partial charge in [-0.1, -0.05) is 6.07 Å². The van der Waals surface area contributed by atoms with Gasteiger partial charge >= 0.3 is 0 Å². The number of benzene rings is 1. The topological polar surface area (TPSA) is 122 Å². The molecule has 9 heteroatoms. The van der Waals surface area contributed by atoms with E-state index >= 15 is 0 Å². The minimum atomic E-state index is -0.953. The fraction of sp³-hybridized carbons (Fsp3) is 0.500. The van der Waals surface area contributed by atoms with Crippen molar-refractivity contribution in [2.45, 2.75) is 44.0 Å². The number of nitrogens with two attached hydrogens (primary N) is 1. The van der Waals surface area contributed by atoms with Crippen LogP contribution >= 0.6 is 0 Å². The van der Waals surface area contributed by atoms with Gasteiger partial charge in [0.1, 0.15) is 6.04 Å². The molecule has 0 aromatic heterocycles. The van der Waals surface area contributed by atoms with Crippen molar-refractivity contribution in [1.82, 2.24) is 15.1 Å². The number of hydrogen-bond donors (Lipinski definition) is 2. The SMILES string of the molecule is CO[C@@H]1C[C@@H](CN)N(Cc2ccc3c(c2)C(=O)N(C2CCC(=O)NC2=O)C3=O)C1. The van der Waals surface area contributed by atoms with Crippen molar-refractivity contribution >= 4 is 23.6 Å². The molecule has 4 rings (SSSR count). The highest BCUT2D eigenvalue weighted by Crippen LogP contribution is 2.29. The quantitative estimate of drug-likeness (QED) is 0.647. The summed E-state index contributed by atoms with van der Waals surface area (Å²) in [5.41, 5.74) is 7.36. The van der Waals surface area contributed by atoms with Crippen LogP contribution in [0.5, 0.6) is 0 Å². The predicted molar refractivity (Wildman–Crippen MR) is 102 cm³/mol. The van der Waals surface area contributed by atoms with Crippen LogP contribution in [-0.2, 0) is 20.9 Å². The number of carbonyl (C=O) groups excluding carboxylic acids is 4. The number of imide groups is 2. The molecule has 0 spiro atoms. The number of nitrogens with zero attached hydrogens (tertiary/aromatic N) is 2. The lowest BCUT2D eigenvalue weighted by Crippen LogP contribution is -2.54. The monoisotopic (exact) mass is 400 g/mol. The molecule has 1 unspecified atom stereocenters. The Morgan fingerprint density at radius 1 is 1.17 bits per heavy atom. The molecular weight excluding hydrogens is 376 g/mol. The second-order valence-corrected chi connectivity index (χ2v) is 7.74. The molecule has 4 amide bonds. The summed E-state index contributed by atoms with van der Waals surface area (Å²) in [6.07, 6.45) is 1.24. The first-order valence-corrected chi connectivity index (χ1v) is 9.74. The fourth-order valence-corrected chi connectivity index (χ4v) is 4.40. The average Bonchev–Trinajstić information content (AvgIpc) is 3.21. The van der Waals surface area contributed by atoms with Crippen LogP contribution in [-0.4, -0.2) is 71.8 Å². The van der Waals surface area contributed by atoms with Crippen molar-refractivity contribution in [3.05, 3.63) is 34.9 Å². The maximum atomic E-state index is 12.9. The lowest BCUT2D eigenvalue weighted by atomic mass is 10.0. The van der Waals surface area contributed by atoms with Gasteiger partial charge in [0, 0.05) is 39.2 Å². The Labute approximate surface area is 168 Å². The van der Waals surface area contributed by atoms with Crippen molar-refractivity contribution in [2.75, 3.05) is 20.2 Å². The van der Waals surface area contributed by atoms with Gasteiger partial charge in [-0.2, -0.15) is 0 Å². The summed E-state index contributed by atoms with van der Waals surface area (Å²) in [7, 11) is 1.69. The molecule has 2 saturated heterocycles. The first kappa shape index (κ1) is 19.7. The number of fused-ring (bicyclic) bond motifs is 1. The van der Waals surface area contributed by atoms with E-state index in [1.54, 1.807) is 19.2 Å². The zero-order chi connectivity index (χ0) is 20.7. The first-order chi connectivity index (χ1) is 13.9. The molecule has 29 heavy (non-hydrogen) atoms. The Kier molecular flexibility index (Phi) is 5.20. The lowest BCUT2D eigenvalue weighted by molar-refractivity contribution is -0.136. The van der Waals surface area contributed by atoms with Crippen LogP contribution in [0.1, 0.15) is 45.5 Å². The third-order valence-corrected chi connectivity index (χ3v) is 5.98. The molecule has 0 saturated carbocycles. The molecule has 0 aliphatic carbocycles. The van der Waals surface area contributed by atoms with Gasteiger partial charge in [0.2, 0.25) is 11.8 Å². The Hall–Kier alpha value is -2.62. The van der Waals surface area contributed by atoms with Gasteiger partial charge in [0.15, 0.2) is 0 Å². The van der Waals surface area contributed by atoms with E-state index in [1.807, 2.05) is 6.07 Å². The molecule has 3 heterocycles. The van der Waals surface area contributed by atoms with Crippen molar-refractivity contribution in [1.29, 1.82) is 0 Å². The van der Waals surface area contributed by atoms with E-state index in [-0.39, 0.29) is 36.5 Å². The Morgan fingerprint density at radius 2 is 1.93 bits per heavy atom. The van der Waals surface area contributed by atoms with Gasteiger partial charge in [-0.3, -0.25) is 34.3 Å². The second-order valence-electron chi connectivity index (χ2n) is 7.74. The molecule has 3 aliphatic heterocycles. The molecule has 1 aromatic rings. The Bertz CT molecular complexity index is 886. The smallest absolute Gasteiger partial charge is 0.262 e. The van der Waals surface area contributed by atoms with Crippen LogP contribution in [0.4, 0.5) is 0 Å². The van der Waals surface area contributed by atoms with Crippen molar-refractivity contribution in [2.24, 2.45) is 5.73 Å². The number of likely N-dealkylation sites (tertiary alicyclic amines) is 1. The molecule has 2 fully saturated rings. The number of carbonyl (C=O) groups is 4. The number of amides is 4. The third-order valence-electron chi connectivity index (χ3n) is 5.98. The van der Waals surface area contributed by atoms with E-state index in [0.717, 1.165) is 23.4 Å². The summed E-state index contributed by atoms with van der Waals surface area (Å²) in [6, 6.07) is 4.43. The standard InChI is InChI=1S/C20H24N4O5/c1-29-13-7-12(8-21)23(10-13)9-11-2-3-14-15(6-11)20(28)24(19(14)27)16-4-5-17(25)22-18(16)26/h2-3,6,12-13,16H,4-5,7-10,21H2,1H3,(H,22,25,26)/t12-,13+,16?/m0/s1. The first-order valence-electron chi connectivity index (χ1n) is 9.74. The summed E-state index contributed by atoms with van der Waals surface area (Å²) >= 11 is 0. The Balaban J connectivity index is 1.54. The van der Waals surface area contributed by atoms with Gasteiger partial charge in [0.25, 0.3) is 11.8 Å². The van der Waals surface area contributed by atoms with E-state index in [4.69, 9.17) is 10.5 Å². The molecular formula is C20H24N4O5. The van der Waals surface area contributed by atoms with E-state index in [9.17, 15) is 19.2 Å². The van der Waals surface area contributed by atoms with Gasteiger partial charge in [-0.05, 0) is 30.5 Å². The highest BCUT2D eigenvalue weighted by Gasteiger charge is 2.44. The number of nitrogens with one attached hydrogen (secondary N) is 1. The van der Waals surface area contributed by atoms with Crippen molar-refractivity contribution < 1.29 is 23.9 Å². The van der Waals surface area contributed by atoms with Crippen LogP contribution < -0.4 is 11.1 Å². The van der Waals surface area contributed by atoms with Gasteiger partial charge < -0.3 is 10.5 Å². The summed E-state index contributed by atoms with van der Waals surface area (Å²) in [5.74, 6) is -1.98. The van der Waals surface area contributed by atoms with Crippen LogP contribution in [0.3, 0.4) is 0 Å². The maximum absolute atomic E-state index is 12.9. The lowest BCUT2D eigenvalue weighted by Gasteiger charge is -2.27. The molecule has 0 bridgehead atoms. The molecule has 3 aliphatic rings. The molecule has 3 N–H and O–H groups in total. The van der Waals surface area contributed by atoms with Gasteiger partial charge in [0.05, 0.1) is 17.2 Å². The van der Waals surface area contributed by atoms with E-state index in [1.165, 1.54) is 0 Å². The van der Waals surface area contributed by atoms with E-state index in [2.05, 4.69) is 10.2 Å². The van der Waals surface area contributed by atoms with Crippen molar-refractivity contribution in [3.8, 4) is 0 Å². The number of hydrogen-bond acceptors (Lipinski definition) is 7. The average molecular weight is 400 g/mol. The van der Waals surface area contributed by atoms with Crippen LogP contribution in [0.15, 0.2) is 18.2 Å². The molecule has 9 nitrogen and oxygen atoms in total. The largest absolute Gasteiger partial charge is 0.380 e. The third kappa shape index (κ3) is 3.45. The summed E-state index contributed by atoms with van der Waals surface area (Å²) < 4.78 is 5.45. The van der Waals surface area contributed by atoms with Gasteiger partial charge in [-0.15, -0.1) is 0 Å². The minimum Gasteiger partial charge on any atom is -0.380 e. The van der Waals surface area contributed by atoms with Crippen LogP contribution in [0.2, 0.25) is 0 Å². The summed E-state index contributed by atoms with van der Waals surface area (Å²) in [4.78, 5) is 52.4. The normalized spacial score (nSPS) is 27.5. The zero-order valence-electron chi connectivity index (χ0n) is 16.2. The van der Waals surface area contributed by atoms with Crippen molar-refractivity contribution in [3.63, 3.8) is 0 Å². The van der Waals surface area contributed by atoms with Gasteiger partial charge in [-0.25, -0.2) is 0 Å². The maximum Gasteiger partial charge on any atom is 0.262 e. The fourth-order valence-electron chi connectivity index (χ4n) is 4.40. The number of rotatable bonds is 5. The number of ether oxygens (including phenoxy) is 1. The highest BCUT2D eigenvalue weighted by atomic mass is 16.5. The number of piperidine rings is 1. The highest BCUT2D eigenvalue weighted by molar-refractivity contribution is 6.23. The number of methoxy groups -OCH3 is 1. The van der Waals surface area contributed by atoms with E-state index in [0.29, 0.717) is 18.7 Å². The van der Waals surface area contributed by atoms with Crippen LogP contribution in [0, 0.1) is 0 Å². The minimum absolute atomic E-state index is 0.102. The zero-order valence-corrected chi connectivity index (χ0v) is 16.2. The second kappa shape index (κ2) is 7.66. The summed E-state index contributed by atoms with van der Waals surface area (Å²) in [5, 5.41) is 2.20. The molecule has 0 radical (unpaired) electrons. The Morgan fingerprint density at radius 3 is 2.62 bits per heavy atom. The molecule has 1 aromatic carbocycles. The summed E-state index contributed by atoms with van der Waals surface area (Å²) in [6.45, 7) is 1.87. The van der Waals surface area contributed by atoms with Crippen LogP contribution in [0.25, 0.3) is 0 Å². The molecule has 3 atom stereocenters. The molecule has 154 valence electrons.